The first-order valence-corrected chi connectivity index (χ1v) is 10.7. The lowest BCUT2D eigenvalue weighted by Crippen LogP contribution is -2.40. The van der Waals surface area contributed by atoms with Crippen LogP contribution >= 0.6 is 0 Å². The highest BCUT2D eigenvalue weighted by Crippen LogP contribution is 2.35. The number of hydrogen-bond acceptors (Lipinski definition) is 6. The van der Waals surface area contributed by atoms with E-state index in [2.05, 4.69) is 15.0 Å². The third kappa shape index (κ3) is 3.83. The fraction of sp³-hybridized carbons (Fsp3) is 0.545. The van der Waals surface area contributed by atoms with Crippen LogP contribution in [-0.4, -0.2) is 43.9 Å². The molecule has 4 heterocycles. The second kappa shape index (κ2) is 8.06. The summed E-state index contributed by atoms with van der Waals surface area (Å²) < 4.78 is 8.07. The number of fused-ring (bicyclic) bond motifs is 1. The van der Waals surface area contributed by atoms with Crippen molar-refractivity contribution < 1.29 is 4.74 Å². The molecule has 1 saturated carbocycles. The molecule has 29 heavy (non-hydrogen) atoms. The molecule has 7 heteroatoms. The fourth-order valence-corrected chi connectivity index (χ4v) is 4.58. The maximum absolute atomic E-state index is 6.20. The van der Waals surface area contributed by atoms with Crippen molar-refractivity contribution in [1.82, 2.24) is 24.7 Å². The molecule has 5 rings (SSSR count). The van der Waals surface area contributed by atoms with E-state index in [0.717, 1.165) is 54.3 Å². The Hall–Kier alpha value is -2.54. The van der Waals surface area contributed by atoms with Gasteiger partial charge in [-0.05, 0) is 37.8 Å². The molecule has 3 aromatic heterocycles. The van der Waals surface area contributed by atoms with Crippen LogP contribution < -0.4 is 4.90 Å². The van der Waals surface area contributed by atoms with E-state index in [1.165, 1.54) is 25.7 Å². The first-order chi connectivity index (χ1) is 14.3. The molecule has 2 aliphatic rings. The van der Waals surface area contributed by atoms with Gasteiger partial charge in [0.15, 0.2) is 5.65 Å². The van der Waals surface area contributed by atoms with Crippen LogP contribution in [0.25, 0.3) is 11.0 Å². The van der Waals surface area contributed by atoms with Crippen molar-refractivity contribution in [3.05, 3.63) is 42.1 Å². The van der Waals surface area contributed by atoms with Crippen LogP contribution in [0.4, 0.5) is 5.82 Å². The Morgan fingerprint density at radius 2 is 2.00 bits per heavy atom. The highest BCUT2D eigenvalue weighted by molar-refractivity contribution is 5.87. The molecular formula is C22H28N6O. The van der Waals surface area contributed by atoms with Gasteiger partial charge in [-0.25, -0.2) is 9.97 Å². The Labute approximate surface area is 171 Å². The number of aryl methyl sites for hydroxylation is 1. The number of anilines is 1. The Kier molecular flexibility index (Phi) is 5.14. The number of ether oxygens (including phenoxy) is 1. The summed E-state index contributed by atoms with van der Waals surface area (Å²) in [5.74, 6) is 2.50. The summed E-state index contributed by atoms with van der Waals surface area (Å²) in [6.45, 7) is 2.39. The monoisotopic (exact) mass is 392 g/mol. The standard InChI is InChI=1S/C22H28N6O/c1-27-21-19(13-24-27)22(26-20(25-21)16-7-2-3-8-16)28-12-6-10-18(14-28)29-15-17-9-4-5-11-23-17/h4-5,9,11,13,16,18H,2-3,6-8,10,12,14-15H2,1H3/t18-/m0/s1. The van der Waals surface area contributed by atoms with E-state index < -0.39 is 0 Å². The van der Waals surface area contributed by atoms with Gasteiger partial charge in [0, 0.05) is 32.3 Å². The van der Waals surface area contributed by atoms with Crippen molar-refractivity contribution in [2.45, 2.75) is 57.2 Å². The molecule has 0 spiro atoms. The first kappa shape index (κ1) is 18.5. The summed E-state index contributed by atoms with van der Waals surface area (Å²) in [4.78, 5) is 16.7. The maximum Gasteiger partial charge on any atom is 0.163 e. The number of rotatable bonds is 5. The van der Waals surface area contributed by atoms with E-state index in [0.29, 0.717) is 12.5 Å². The van der Waals surface area contributed by atoms with Crippen LogP contribution in [0.3, 0.4) is 0 Å². The van der Waals surface area contributed by atoms with Gasteiger partial charge in [0.25, 0.3) is 0 Å². The molecule has 152 valence electrons. The Balaban J connectivity index is 1.38. The molecule has 3 aromatic rings. The predicted octanol–water partition coefficient (Wildman–Crippen LogP) is 3.60. The SMILES string of the molecule is Cn1ncc2c(N3CCC[C@H](OCc4ccccn4)C3)nc(C3CCCC3)nc21. The third-order valence-electron chi connectivity index (χ3n) is 6.18. The van der Waals surface area contributed by atoms with E-state index in [4.69, 9.17) is 14.7 Å². The lowest BCUT2D eigenvalue weighted by Gasteiger charge is -2.34. The summed E-state index contributed by atoms with van der Waals surface area (Å²) in [5, 5.41) is 5.50. The minimum Gasteiger partial charge on any atom is -0.370 e. The topological polar surface area (TPSA) is 69.0 Å². The van der Waals surface area contributed by atoms with Gasteiger partial charge in [0.2, 0.25) is 0 Å². The summed E-state index contributed by atoms with van der Waals surface area (Å²) >= 11 is 0. The zero-order valence-corrected chi connectivity index (χ0v) is 17.0. The minimum absolute atomic E-state index is 0.183. The largest absolute Gasteiger partial charge is 0.370 e. The van der Waals surface area contributed by atoms with Crippen LogP contribution in [0, 0.1) is 0 Å². The quantitative estimate of drug-likeness (QED) is 0.661. The Morgan fingerprint density at radius 3 is 2.83 bits per heavy atom. The molecule has 0 radical (unpaired) electrons. The predicted molar refractivity (Wildman–Crippen MR) is 112 cm³/mol. The van der Waals surface area contributed by atoms with E-state index in [1.54, 1.807) is 0 Å². The van der Waals surface area contributed by atoms with Crippen molar-refractivity contribution in [3.8, 4) is 0 Å². The van der Waals surface area contributed by atoms with Crippen molar-refractivity contribution in [2.24, 2.45) is 7.05 Å². The van der Waals surface area contributed by atoms with E-state index in [-0.39, 0.29) is 6.10 Å². The Morgan fingerprint density at radius 1 is 1.10 bits per heavy atom. The van der Waals surface area contributed by atoms with Crippen molar-refractivity contribution in [1.29, 1.82) is 0 Å². The third-order valence-corrected chi connectivity index (χ3v) is 6.18. The summed E-state index contributed by atoms with van der Waals surface area (Å²) in [6, 6.07) is 5.95. The van der Waals surface area contributed by atoms with Crippen LogP contribution in [0.5, 0.6) is 0 Å². The van der Waals surface area contributed by atoms with Crippen LogP contribution in [0.15, 0.2) is 30.6 Å². The van der Waals surface area contributed by atoms with Gasteiger partial charge >= 0.3 is 0 Å². The highest BCUT2D eigenvalue weighted by atomic mass is 16.5. The van der Waals surface area contributed by atoms with E-state index >= 15 is 0 Å². The molecular weight excluding hydrogens is 364 g/mol. The normalized spacial score (nSPS) is 20.6. The van der Waals surface area contributed by atoms with Gasteiger partial charge in [0.1, 0.15) is 11.6 Å². The number of aromatic nitrogens is 5. The van der Waals surface area contributed by atoms with Crippen molar-refractivity contribution in [3.63, 3.8) is 0 Å². The summed E-state index contributed by atoms with van der Waals surface area (Å²) in [6.07, 6.45) is 11.0. The van der Waals surface area contributed by atoms with Gasteiger partial charge in [-0.1, -0.05) is 18.9 Å². The summed E-state index contributed by atoms with van der Waals surface area (Å²) in [7, 11) is 1.96. The number of nitrogens with zero attached hydrogens (tertiary/aromatic N) is 6. The number of piperidine rings is 1. The van der Waals surface area contributed by atoms with Gasteiger partial charge < -0.3 is 9.64 Å². The zero-order valence-electron chi connectivity index (χ0n) is 17.0. The zero-order chi connectivity index (χ0) is 19.6. The molecule has 0 unspecified atom stereocenters. The smallest absolute Gasteiger partial charge is 0.163 e. The Bertz CT molecular complexity index is 966. The molecule has 1 atom stereocenters. The van der Waals surface area contributed by atoms with Crippen LogP contribution in [-0.2, 0) is 18.4 Å². The van der Waals surface area contributed by atoms with E-state index in [1.807, 2.05) is 42.3 Å². The molecule has 1 saturated heterocycles. The maximum atomic E-state index is 6.20. The molecule has 0 bridgehead atoms. The van der Waals surface area contributed by atoms with Gasteiger partial charge in [-0.3, -0.25) is 9.67 Å². The second-order valence-electron chi connectivity index (χ2n) is 8.23. The average molecular weight is 393 g/mol. The fourth-order valence-electron chi connectivity index (χ4n) is 4.58. The number of hydrogen-bond donors (Lipinski definition) is 0. The summed E-state index contributed by atoms with van der Waals surface area (Å²) in [5.41, 5.74) is 1.92. The highest BCUT2D eigenvalue weighted by Gasteiger charge is 2.27. The van der Waals surface area contributed by atoms with Crippen molar-refractivity contribution in [2.75, 3.05) is 18.0 Å². The number of pyridine rings is 1. The van der Waals surface area contributed by atoms with E-state index in [9.17, 15) is 0 Å². The second-order valence-corrected chi connectivity index (χ2v) is 8.23. The molecule has 2 fully saturated rings. The van der Waals surface area contributed by atoms with Gasteiger partial charge in [-0.2, -0.15) is 5.10 Å². The van der Waals surface area contributed by atoms with Gasteiger partial charge in [0.05, 0.1) is 30.0 Å². The van der Waals surface area contributed by atoms with Crippen LogP contribution in [0.1, 0.15) is 56.0 Å². The van der Waals surface area contributed by atoms with Crippen LogP contribution in [0.2, 0.25) is 0 Å². The molecule has 7 nitrogen and oxygen atoms in total. The molecule has 0 N–H and O–H groups in total. The molecule has 0 amide bonds. The lowest BCUT2D eigenvalue weighted by atomic mass is 10.1. The molecule has 1 aliphatic heterocycles. The minimum atomic E-state index is 0.183. The average Bonchev–Trinajstić information content (AvgIpc) is 3.43. The molecule has 1 aliphatic carbocycles. The first-order valence-electron chi connectivity index (χ1n) is 10.7. The van der Waals surface area contributed by atoms with Gasteiger partial charge in [-0.15, -0.1) is 0 Å². The molecule has 0 aromatic carbocycles. The lowest BCUT2D eigenvalue weighted by molar-refractivity contribution is 0.0297. The van der Waals surface area contributed by atoms with Crippen molar-refractivity contribution >= 4 is 16.9 Å².